The van der Waals surface area contributed by atoms with Crippen molar-refractivity contribution in [2.75, 3.05) is 12.7 Å². The second-order valence-corrected chi connectivity index (χ2v) is 8.48. The molecule has 1 aromatic rings. The van der Waals surface area contributed by atoms with Gasteiger partial charge in [-0.25, -0.2) is 0 Å². The zero-order valence-electron chi connectivity index (χ0n) is 10.6. The second-order valence-electron chi connectivity index (χ2n) is 4.93. The van der Waals surface area contributed by atoms with Crippen molar-refractivity contribution in [1.82, 2.24) is 4.90 Å². The minimum atomic E-state index is -1.29. The molecule has 0 bridgehead atoms. The summed E-state index contributed by atoms with van der Waals surface area (Å²) >= 11 is 6.66. The van der Waals surface area contributed by atoms with Gasteiger partial charge in [0.1, 0.15) is 0 Å². The van der Waals surface area contributed by atoms with Gasteiger partial charge < -0.3 is 4.90 Å². The summed E-state index contributed by atoms with van der Waals surface area (Å²) in [4.78, 5) is 2.64. The van der Waals surface area contributed by atoms with Crippen LogP contribution in [0.1, 0.15) is 32.6 Å². The Bertz CT molecular complexity index is 330. The van der Waals surface area contributed by atoms with E-state index in [1.165, 1.54) is 37.4 Å². The summed E-state index contributed by atoms with van der Waals surface area (Å²) in [6.07, 6.45) is 6.51. The van der Waals surface area contributed by atoms with Gasteiger partial charge in [0.15, 0.2) is 8.11 Å². The SMILES string of the molecule is CCC1CCCCN1C[SiH](Cl)c1ccccc1. The first kappa shape index (κ1) is 13.1. The smallest absolute Gasteiger partial charge is 0.185 e. The Morgan fingerprint density at radius 2 is 2.06 bits per heavy atom. The summed E-state index contributed by atoms with van der Waals surface area (Å²) in [5.41, 5.74) is 0. The van der Waals surface area contributed by atoms with Crippen LogP contribution in [0.2, 0.25) is 0 Å². The highest BCUT2D eigenvalue weighted by Gasteiger charge is 2.24. The fourth-order valence-electron chi connectivity index (χ4n) is 2.74. The van der Waals surface area contributed by atoms with Crippen molar-refractivity contribution in [2.45, 2.75) is 38.6 Å². The van der Waals surface area contributed by atoms with Crippen LogP contribution in [-0.2, 0) is 0 Å². The van der Waals surface area contributed by atoms with Gasteiger partial charge in [0.25, 0.3) is 0 Å². The van der Waals surface area contributed by atoms with Gasteiger partial charge in [0.2, 0.25) is 0 Å². The first-order chi connectivity index (χ1) is 8.31. The molecule has 0 aromatic heterocycles. The molecule has 0 radical (unpaired) electrons. The van der Waals surface area contributed by atoms with Crippen molar-refractivity contribution in [3.05, 3.63) is 30.3 Å². The number of halogens is 1. The van der Waals surface area contributed by atoms with Gasteiger partial charge in [-0.1, -0.05) is 43.7 Å². The van der Waals surface area contributed by atoms with E-state index in [1.54, 1.807) is 0 Å². The maximum Gasteiger partial charge on any atom is 0.185 e. The molecule has 2 atom stereocenters. The molecule has 2 unspecified atom stereocenters. The van der Waals surface area contributed by atoms with Crippen molar-refractivity contribution in [3.63, 3.8) is 0 Å². The quantitative estimate of drug-likeness (QED) is 0.599. The molecule has 1 aliphatic heterocycles. The fraction of sp³-hybridized carbons (Fsp3) is 0.571. The van der Waals surface area contributed by atoms with Gasteiger partial charge in [-0.3, -0.25) is 0 Å². The van der Waals surface area contributed by atoms with E-state index in [4.69, 9.17) is 11.1 Å². The van der Waals surface area contributed by atoms with E-state index in [9.17, 15) is 0 Å². The van der Waals surface area contributed by atoms with Crippen LogP contribution in [0.5, 0.6) is 0 Å². The lowest BCUT2D eigenvalue weighted by atomic mass is 10.0. The van der Waals surface area contributed by atoms with Crippen LogP contribution in [0.25, 0.3) is 0 Å². The minimum Gasteiger partial charge on any atom is -0.302 e. The molecular formula is C14H22ClNSi. The predicted molar refractivity (Wildman–Crippen MR) is 78.6 cm³/mol. The zero-order valence-corrected chi connectivity index (χ0v) is 12.5. The maximum absolute atomic E-state index is 6.66. The van der Waals surface area contributed by atoms with E-state index in [-0.39, 0.29) is 0 Å². The number of likely N-dealkylation sites (tertiary alicyclic amines) is 1. The van der Waals surface area contributed by atoms with Crippen LogP contribution in [-0.4, -0.2) is 31.8 Å². The number of hydrogen-bond acceptors (Lipinski definition) is 1. The third kappa shape index (κ3) is 3.57. The molecule has 1 aromatic carbocycles. The van der Waals surface area contributed by atoms with E-state index < -0.39 is 8.11 Å². The Labute approximate surface area is 111 Å². The number of hydrogen-bond donors (Lipinski definition) is 0. The summed E-state index contributed by atoms with van der Waals surface area (Å²) < 4.78 is 0. The lowest BCUT2D eigenvalue weighted by molar-refractivity contribution is 0.169. The van der Waals surface area contributed by atoms with Gasteiger partial charge in [0, 0.05) is 12.2 Å². The molecule has 2 rings (SSSR count). The van der Waals surface area contributed by atoms with Crippen molar-refractivity contribution >= 4 is 24.4 Å². The summed E-state index contributed by atoms with van der Waals surface area (Å²) in [6.45, 7) is 3.55. The number of benzene rings is 1. The molecule has 1 fully saturated rings. The van der Waals surface area contributed by atoms with Gasteiger partial charge in [0.05, 0.1) is 0 Å². The molecule has 17 heavy (non-hydrogen) atoms. The monoisotopic (exact) mass is 267 g/mol. The van der Waals surface area contributed by atoms with Crippen LogP contribution in [0.4, 0.5) is 0 Å². The molecule has 0 amide bonds. The van der Waals surface area contributed by atoms with E-state index in [1.807, 2.05) is 0 Å². The zero-order chi connectivity index (χ0) is 12.1. The molecule has 3 heteroatoms. The number of piperidine rings is 1. The Morgan fingerprint density at radius 1 is 1.29 bits per heavy atom. The molecule has 1 saturated heterocycles. The van der Waals surface area contributed by atoms with Crippen LogP contribution >= 0.6 is 11.1 Å². The highest BCUT2D eigenvalue weighted by Crippen LogP contribution is 2.19. The maximum atomic E-state index is 6.66. The first-order valence-corrected chi connectivity index (χ1v) is 9.88. The molecule has 1 heterocycles. The minimum absolute atomic E-state index is 0.779. The predicted octanol–water partition coefficient (Wildman–Crippen LogP) is 2.66. The van der Waals surface area contributed by atoms with Crippen molar-refractivity contribution < 1.29 is 0 Å². The second kappa shape index (κ2) is 6.57. The Balaban J connectivity index is 1.95. The standard InChI is InChI=1S/C14H22ClNSi/c1-2-13-8-6-7-11-16(13)12-17(15)14-9-4-3-5-10-14/h3-5,9-10,13,17H,2,6-8,11-12H2,1H3. The highest BCUT2D eigenvalue weighted by molar-refractivity contribution is 7.14. The third-order valence-electron chi connectivity index (χ3n) is 3.78. The van der Waals surface area contributed by atoms with Crippen molar-refractivity contribution in [3.8, 4) is 0 Å². The van der Waals surface area contributed by atoms with Crippen LogP contribution in [0, 0.1) is 0 Å². The third-order valence-corrected chi connectivity index (χ3v) is 6.84. The van der Waals surface area contributed by atoms with Crippen LogP contribution in [0.15, 0.2) is 30.3 Å². The normalized spacial score (nSPS) is 23.5. The summed E-state index contributed by atoms with van der Waals surface area (Å²) in [5, 5.41) is 1.38. The molecular weight excluding hydrogens is 246 g/mol. The Morgan fingerprint density at radius 3 is 2.76 bits per heavy atom. The molecule has 0 N–H and O–H groups in total. The van der Waals surface area contributed by atoms with Crippen molar-refractivity contribution in [1.29, 1.82) is 0 Å². The summed E-state index contributed by atoms with van der Waals surface area (Å²) in [5.74, 6) is 0. The number of nitrogens with zero attached hydrogens (tertiary/aromatic N) is 1. The molecule has 0 spiro atoms. The molecule has 94 valence electrons. The summed E-state index contributed by atoms with van der Waals surface area (Å²) in [6, 6.07) is 11.4. The Kier molecular flexibility index (Phi) is 5.08. The first-order valence-electron chi connectivity index (χ1n) is 6.74. The van der Waals surface area contributed by atoms with Gasteiger partial charge in [-0.2, -0.15) is 11.1 Å². The van der Waals surface area contributed by atoms with Crippen LogP contribution < -0.4 is 5.19 Å². The number of rotatable bonds is 4. The fourth-order valence-corrected chi connectivity index (χ4v) is 5.45. The average molecular weight is 268 g/mol. The summed E-state index contributed by atoms with van der Waals surface area (Å²) in [7, 11) is -1.29. The topological polar surface area (TPSA) is 3.24 Å². The van der Waals surface area contributed by atoms with Crippen LogP contribution in [0.3, 0.4) is 0 Å². The lowest BCUT2D eigenvalue weighted by Crippen LogP contribution is -2.46. The highest BCUT2D eigenvalue weighted by atomic mass is 35.6. The van der Waals surface area contributed by atoms with Crippen molar-refractivity contribution in [2.24, 2.45) is 0 Å². The molecule has 0 saturated carbocycles. The molecule has 0 aliphatic carbocycles. The van der Waals surface area contributed by atoms with E-state index in [2.05, 4.69) is 42.2 Å². The van der Waals surface area contributed by atoms with Gasteiger partial charge in [-0.05, 0) is 31.0 Å². The average Bonchev–Trinajstić information content (AvgIpc) is 2.40. The van der Waals surface area contributed by atoms with E-state index >= 15 is 0 Å². The van der Waals surface area contributed by atoms with Gasteiger partial charge in [-0.15, -0.1) is 0 Å². The van der Waals surface area contributed by atoms with Gasteiger partial charge >= 0.3 is 0 Å². The molecule has 1 nitrogen and oxygen atoms in total. The molecule has 1 aliphatic rings. The largest absolute Gasteiger partial charge is 0.302 e. The Hall–Kier alpha value is -0.313. The van der Waals surface area contributed by atoms with E-state index in [0.29, 0.717) is 0 Å². The van der Waals surface area contributed by atoms with E-state index in [0.717, 1.165) is 12.2 Å². The lowest BCUT2D eigenvalue weighted by Gasteiger charge is -2.36.